The predicted molar refractivity (Wildman–Crippen MR) is 88.7 cm³/mol. The van der Waals surface area contributed by atoms with Crippen molar-refractivity contribution in [2.24, 2.45) is 0 Å². The van der Waals surface area contributed by atoms with Crippen LogP contribution in [0.25, 0.3) is 6.08 Å². The van der Waals surface area contributed by atoms with Gasteiger partial charge in [0.1, 0.15) is 6.04 Å². The third-order valence-corrected chi connectivity index (χ3v) is 5.38. The lowest BCUT2D eigenvalue weighted by Gasteiger charge is -2.32. The first kappa shape index (κ1) is 18.2. The van der Waals surface area contributed by atoms with Crippen molar-refractivity contribution in [2.75, 3.05) is 13.6 Å². The van der Waals surface area contributed by atoms with Crippen LogP contribution < -0.4 is 4.72 Å². The van der Waals surface area contributed by atoms with Crippen LogP contribution in [-0.2, 0) is 19.6 Å². The summed E-state index contributed by atoms with van der Waals surface area (Å²) in [7, 11) is -2.16. The Kier molecular flexibility index (Phi) is 5.74. The lowest BCUT2D eigenvalue weighted by molar-refractivity contribution is -0.150. The number of amides is 1. The Bertz CT molecular complexity index is 740. The Morgan fingerprint density at radius 2 is 1.92 bits per heavy atom. The van der Waals surface area contributed by atoms with E-state index in [1.54, 1.807) is 18.2 Å². The second-order valence-corrected chi connectivity index (χ2v) is 7.38. The fraction of sp³-hybridized carbons (Fsp3) is 0.375. The minimum atomic E-state index is -3.49. The lowest BCUT2D eigenvalue weighted by Crippen LogP contribution is -2.47. The van der Waals surface area contributed by atoms with Gasteiger partial charge in [-0.25, -0.2) is 17.9 Å². The largest absolute Gasteiger partial charge is 0.480 e. The second-order valence-electron chi connectivity index (χ2n) is 5.49. The van der Waals surface area contributed by atoms with Crippen molar-refractivity contribution in [1.82, 2.24) is 9.62 Å². The number of piperidine rings is 1. The number of sulfonamides is 1. The standard InChI is InChI=1S/C16H20N2O5S/c1-17-24(22,23)13-8-5-12(6-9-13)7-10-15(19)18-11-3-2-4-14(18)16(20)21/h5-10,14,17H,2-4,11H2,1H3,(H,20,21). The van der Waals surface area contributed by atoms with Crippen LogP contribution in [0.15, 0.2) is 35.2 Å². The third kappa shape index (κ3) is 4.21. The van der Waals surface area contributed by atoms with Crippen LogP contribution in [0.2, 0.25) is 0 Å². The molecular weight excluding hydrogens is 332 g/mol. The predicted octanol–water partition coefficient (Wildman–Crippen LogP) is 1.07. The van der Waals surface area contributed by atoms with Gasteiger partial charge in [-0.15, -0.1) is 0 Å². The topological polar surface area (TPSA) is 104 Å². The van der Waals surface area contributed by atoms with E-state index in [1.165, 1.54) is 30.2 Å². The summed E-state index contributed by atoms with van der Waals surface area (Å²) in [4.78, 5) is 24.9. The summed E-state index contributed by atoms with van der Waals surface area (Å²) >= 11 is 0. The van der Waals surface area contributed by atoms with Gasteiger partial charge in [-0.05, 0) is 50.1 Å². The van der Waals surface area contributed by atoms with E-state index in [-0.39, 0.29) is 10.8 Å². The van der Waals surface area contributed by atoms with Gasteiger partial charge in [0.05, 0.1) is 4.90 Å². The maximum absolute atomic E-state index is 12.2. The third-order valence-electron chi connectivity index (χ3n) is 3.95. The van der Waals surface area contributed by atoms with E-state index >= 15 is 0 Å². The number of carboxylic acid groups (broad SMARTS) is 1. The van der Waals surface area contributed by atoms with E-state index in [2.05, 4.69) is 4.72 Å². The summed E-state index contributed by atoms with van der Waals surface area (Å²) in [5, 5.41) is 9.19. The average molecular weight is 352 g/mol. The first-order valence-corrected chi connectivity index (χ1v) is 9.08. The number of carbonyl (C=O) groups excluding carboxylic acids is 1. The summed E-state index contributed by atoms with van der Waals surface area (Å²) in [6, 6.07) is 5.27. The minimum absolute atomic E-state index is 0.135. The van der Waals surface area contributed by atoms with Crippen LogP contribution in [-0.4, -0.2) is 49.9 Å². The van der Waals surface area contributed by atoms with Crippen LogP contribution in [0, 0.1) is 0 Å². The molecular formula is C16H20N2O5S. The van der Waals surface area contributed by atoms with Gasteiger partial charge < -0.3 is 10.0 Å². The van der Waals surface area contributed by atoms with E-state index in [4.69, 9.17) is 0 Å². The van der Waals surface area contributed by atoms with E-state index in [0.717, 1.165) is 12.8 Å². The molecule has 0 saturated carbocycles. The Labute approximate surface area is 141 Å². The quantitative estimate of drug-likeness (QED) is 0.772. The summed E-state index contributed by atoms with van der Waals surface area (Å²) in [6.07, 6.45) is 4.92. The Balaban J connectivity index is 2.09. The monoisotopic (exact) mass is 352 g/mol. The minimum Gasteiger partial charge on any atom is -0.480 e. The van der Waals surface area contributed by atoms with Crippen molar-refractivity contribution >= 4 is 28.0 Å². The van der Waals surface area contributed by atoms with Crippen molar-refractivity contribution in [2.45, 2.75) is 30.2 Å². The van der Waals surface area contributed by atoms with Gasteiger partial charge in [-0.2, -0.15) is 0 Å². The zero-order valence-corrected chi connectivity index (χ0v) is 14.1. The van der Waals surface area contributed by atoms with Crippen LogP contribution >= 0.6 is 0 Å². The molecule has 24 heavy (non-hydrogen) atoms. The number of benzene rings is 1. The molecule has 1 aliphatic rings. The molecule has 0 bridgehead atoms. The SMILES string of the molecule is CNS(=O)(=O)c1ccc(C=CC(=O)N2CCCCC2C(=O)O)cc1. The number of hydrogen-bond donors (Lipinski definition) is 2. The fourth-order valence-electron chi connectivity index (χ4n) is 2.59. The zero-order valence-electron chi connectivity index (χ0n) is 13.3. The van der Waals surface area contributed by atoms with Gasteiger partial charge in [0.25, 0.3) is 0 Å². The molecule has 1 fully saturated rings. The van der Waals surface area contributed by atoms with Crippen molar-refractivity contribution < 1.29 is 23.1 Å². The molecule has 0 spiro atoms. The molecule has 1 unspecified atom stereocenters. The van der Waals surface area contributed by atoms with Gasteiger partial charge in [-0.3, -0.25) is 4.79 Å². The first-order chi connectivity index (χ1) is 11.3. The van der Waals surface area contributed by atoms with Crippen LogP contribution in [0.3, 0.4) is 0 Å². The fourth-order valence-corrected chi connectivity index (χ4v) is 3.32. The smallest absolute Gasteiger partial charge is 0.326 e. The number of nitrogens with zero attached hydrogens (tertiary/aromatic N) is 1. The van der Waals surface area contributed by atoms with Gasteiger partial charge in [0.2, 0.25) is 15.9 Å². The maximum Gasteiger partial charge on any atom is 0.326 e. The molecule has 1 saturated heterocycles. The Morgan fingerprint density at radius 1 is 1.25 bits per heavy atom. The highest BCUT2D eigenvalue weighted by molar-refractivity contribution is 7.89. The van der Waals surface area contributed by atoms with Gasteiger partial charge in [0.15, 0.2) is 0 Å². The van der Waals surface area contributed by atoms with Crippen molar-refractivity contribution in [3.8, 4) is 0 Å². The van der Waals surface area contributed by atoms with Gasteiger partial charge >= 0.3 is 5.97 Å². The number of nitrogens with one attached hydrogen (secondary N) is 1. The molecule has 1 aliphatic heterocycles. The molecule has 8 heteroatoms. The summed E-state index contributed by atoms with van der Waals surface area (Å²) in [5.74, 6) is -1.34. The molecule has 1 amide bonds. The molecule has 1 aromatic rings. The van der Waals surface area contributed by atoms with Gasteiger partial charge in [-0.1, -0.05) is 12.1 Å². The number of aliphatic carboxylic acids is 1. The highest BCUT2D eigenvalue weighted by atomic mass is 32.2. The van der Waals surface area contributed by atoms with E-state index in [9.17, 15) is 23.1 Å². The molecule has 2 rings (SSSR count). The van der Waals surface area contributed by atoms with Crippen molar-refractivity contribution in [1.29, 1.82) is 0 Å². The number of likely N-dealkylation sites (tertiary alicyclic amines) is 1. The molecule has 1 atom stereocenters. The molecule has 130 valence electrons. The summed E-state index contributed by atoms with van der Waals surface area (Å²) in [6.45, 7) is 0.430. The number of rotatable bonds is 5. The molecule has 1 heterocycles. The number of carbonyl (C=O) groups is 2. The Hall–Kier alpha value is -2.19. The van der Waals surface area contributed by atoms with E-state index in [0.29, 0.717) is 18.5 Å². The first-order valence-electron chi connectivity index (χ1n) is 7.60. The molecule has 7 nitrogen and oxygen atoms in total. The van der Waals surface area contributed by atoms with Crippen molar-refractivity contribution in [3.05, 3.63) is 35.9 Å². The normalized spacial score (nSPS) is 18.7. The van der Waals surface area contributed by atoms with E-state index < -0.39 is 22.0 Å². The van der Waals surface area contributed by atoms with Crippen LogP contribution in [0.4, 0.5) is 0 Å². The Morgan fingerprint density at radius 3 is 2.50 bits per heavy atom. The molecule has 0 radical (unpaired) electrons. The van der Waals surface area contributed by atoms with E-state index in [1.807, 2.05) is 0 Å². The summed E-state index contributed by atoms with van der Waals surface area (Å²) < 4.78 is 25.5. The summed E-state index contributed by atoms with van der Waals surface area (Å²) in [5.41, 5.74) is 0.655. The number of hydrogen-bond acceptors (Lipinski definition) is 4. The van der Waals surface area contributed by atoms with Gasteiger partial charge in [0, 0.05) is 12.6 Å². The van der Waals surface area contributed by atoms with Crippen LogP contribution in [0.5, 0.6) is 0 Å². The molecule has 1 aromatic carbocycles. The lowest BCUT2D eigenvalue weighted by atomic mass is 10.0. The molecule has 2 N–H and O–H groups in total. The molecule has 0 aromatic heterocycles. The van der Waals surface area contributed by atoms with Crippen LogP contribution in [0.1, 0.15) is 24.8 Å². The van der Waals surface area contributed by atoms with Crippen molar-refractivity contribution in [3.63, 3.8) is 0 Å². The second kappa shape index (κ2) is 7.59. The number of carboxylic acids is 1. The molecule has 0 aliphatic carbocycles. The highest BCUT2D eigenvalue weighted by Gasteiger charge is 2.30. The highest BCUT2D eigenvalue weighted by Crippen LogP contribution is 2.18. The average Bonchev–Trinajstić information content (AvgIpc) is 2.60. The maximum atomic E-state index is 12.2. The zero-order chi connectivity index (χ0) is 17.7.